The summed E-state index contributed by atoms with van der Waals surface area (Å²) in [5.74, 6) is -4.67. The predicted octanol–water partition coefficient (Wildman–Crippen LogP) is 1.66. The quantitative estimate of drug-likeness (QED) is 0.442. The number of ether oxygens (including phenoxy) is 1. The Morgan fingerprint density at radius 3 is 2.11 bits per heavy atom. The molecule has 0 radical (unpaired) electrons. The van der Waals surface area contributed by atoms with E-state index in [1.165, 1.54) is 32.2 Å². The van der Waals surface area contributed by atoms with E-state index in [-0.39, 0.29) is 17.2 Å². The lowest BCUT2D eigenvalue weighted by atomic mass is 9.88. The lowest BCUT2D eigenvalue weighted by Crippen LogP contribution is -2.62. The van der Waals surface area contributed by atoms with Gasteiger partial charge in [-0.15, -0.1) is 0 Å². The maximum Gasteiger partial charge on any atom is 0.341 e. The molecule has 9 heteroatoms. The summed E-state index contributed by atoms with van der Waals surface area (Å²) in [7, 11) is 1.35. The molecule has 1 rings (SSSR count). The van der Waals surface area contributed by atoms with Crippen LogP contribution in [-0.4, -0.2) is 46.6 Å². The van der Waals surface area contributed by atoms with Crippen LogP contribution in [0.2, 0.25) is 0 Å². The van der Waals surface area contributed by atoms with Gasteiger partial charge in [-0.3, -0.25) is 9.59 Å². The zero-order valence-electron chi connectivity index (χ0n) is 16.4. The summed E-state index contributed by atoms with van der Waals surface area (Å²) in [5.41, 5.74) is -2.02. The van der Waals surface area contributed by atoms with Crippen molar-refractivity contribution < 1.29 is 34.1 Å². The maximum absolute atomic E-state index is 12.5. The molecule has 0 aliphatic rings. The highest BCUT2D eigenvalue weighted by Crippen LogP contribution is 2.28. The van der Waals surface area contributed by atoms with Crippen LogP contribution in [0.15, 0.2) is 18.2 Å². The number of benzene rings is 1. The molecule has 154 valence electrons. The molecule has 2 amide bonds. The molecule has 9 nitrogen and oxygen atoms in total. The second-order valence-electron chi connectivity index (χ2n) is 6.40. The maximum atomic E-state index is 12.5. The topological polar surface area (TPSA) is 142 Å². The first kappa shape index (κ1) is 22.9. The Labute approximate surface area is 163 Å². The van der Waals surface area contributed by atoms with Gasteiger partial charge in [0.15, 0.2) is 0 Å². The number of anilines is 1. The Hall–Kier alpha value is -3.10. The first-order chi connectivity index (χ1) is 13.1. The van der Waals surface area contributed by atoms with Gasteiger partial charge in [-0.1, -0.05) is 13.8 Å². The van der Waals surface area contributed by atoms with E-state index in [1.54, 1.807) is 13.8 Å². The van der Waals surface area contributed by atoms with E-state index < -0.39 is 35.7 Å². The van der Waals surface area contributed by atoms with E-state index >= 15 is 0 Å². The number of rotatable bonds is 10. The number of aliphatic carboxylic acids is 2. The number of hydrogen-bond acceptors (Lipinski definition) is 5. The Kier molecular flexibility index (Phi) is 7.97. The molecule has 0 unspecified atom stereocenters. The molecular weight excluding hydrogens is 368 g/mol. The van der Waals surface area contributed by atoms with Gasteiger partial charge in [-0.2, -0.15) is 0 Å². The van der Waals surface area contributed by atoms with Gasteiger partial charge in [0.25, 0.3) is 0 Å². The zero-order chi connectivity index (χ0) is 21.5. The monoisotopic (exact) mass is 394 g/mol. The van der Waals surface area contributed by atoms with Crippen LogP contribution in [0.25, 0.3) is 0 Å². The van der Waals surface area contributed by atoms with E-state index in [0.29, 0.717) is 18.5 Å². The van der Waals surface area contributed by atoms with Gasteiger partial charge >= 0.3 is 11.9 Å². The van der Waals surface area contributed by atoms with Crippen LogP contribution in [0.5, 0.6) is 5.75 Å². The van der Waals surface area contributed by atoms with E-state index in [1.807, 2.05) is 0 Å². The van der Waals surface area contributed by atoms with Crippen LogP contribution < -0.4 is 15.4 Å². The summed E-state index contributed by atoms with van der Waals surface area (Å²) < 4.78 is 5.19. The lowest BCUT2D eigenvalue weighted by Gasteiger charge is -2.29. The minimum atomic E-state index is -2.58. The second kappa shape index (κ2) is 9.72. The van der Waals surface area contributed by atoms with Gasteiger partial charge in [-0.25, -0.2) is 9.59 Å². The fraction of sp³-hybridized carbons (Fsp3) is 0.474. The molecule has 0 saturated heterocycles. The van der Waals surface area contributed by atoms with Crippen molar-refractivity contribution in [3.05, 3.63) is 23.8 Å². The standard InChI is InChI=1S/C19H26N2O7/c1-5-12(6-2)16(23)21-19(17(24)25,18(26)27)10-13-9-14(20-11(3)22)7-8-15(13)28-4/h7-9,12H,5-6,10H2,1-4H3,(H,20,22)(H,21,23)(H,24,25)(H,26,27). The SMILES string of the molecule is CCC(CC)C(=O)NC(Cc1cc(NC(C)=O)ccc1OC)(C(=O)O)C(=O)O. The van der Waals surface area contributed by atoms with Crippen molar-refractivity contribution in [3.8, 4) is 5.75 Å². The Morgan fingerprint density at radius 2 is 1.68 bits per heavy atom. The van der Waals surface area contributed by atoms with Crippen LogP contribution in [0.1, 0.15) is 39.2 Å². The third-order valence-corrected chi connectivity index (χ3v) is 4.48. The van der Waals surface area contributed by atoms with Crippen LogP contribution in [0.4, 0.5) is 5.69 Å². The normalized spacial score (nSPS) is 11.0. The lowest BCUT2D eigenvalue weighted by molar-refractivity contribution is -0.161. The molecule has 28 heavy (non-hydrogen) atoms. The highest BCUT2D eigenvalue weighted by molar-refractivity contribution is 6.07. The zero-order valence-corrected chi connectivity index (χ0v) is 16.4. The molecule has 0 fully saturated rings. The Bertz CT molecular complexity index is 743. The minimum Gasteiger partial charge on any atom is -0.496 e. The van der Waals surface area contributed by atoms with Gasteiger partial charge in [0.2, 0.25) is 17.4 Å². The van der Waals surface area contributed by atoms with E-state index in [4.69, 9.17) is 4.74 Å². The van der Waals surface area contributed by atoms with Crippen molar-refractivity contribution in [1.29, 1.82) is 0 Å². The summed E-state index contributed by atoms with van der Waals surface area (Å²) >= 11 is 0. The number of methoxy groups -OCH3 is 1. The van der Waals surface area contributed by atoms with Crippen molar-refractivity contribution >= 4 is 29.4 Å². The number of carbonyl (C=O) groups is 4. The van der Waals surface area contributed by atoms with Crippen molar-refractivity contribution in [2.45, 2.75) is 45.6 Å². The molecule has 0 aliphatic heterocycles. The van der Waals surface area contributed by atoms with Crippen LogP contribution in [-0.2, 0) is 25.6 Å². The molecule has 1 aromatic rings. The summed E-state index contributed by atoms with van der Waals surface area (Å²) in [6.45, 7) is 4.83. The number of carboxylic acid groups (broad SMARTS) is 2. The third kappa shape index (κ3) is 5.21. The smallest absolute Gasteiger partial charge is 0.341 e. The summed E-state index contributed by atoms with van der Waals surface area (Å²) in [5, 5.41) is 24.2. The van der Waals surface area contributed by atoms with Gasteiger partial charge < -0.3 is 25.6 Å². The van der Waals surface area contributed by atoms with Gasteiger partial charge in [0.05, 0.1) is 7.11 Å². The molecule has 0 spiro atoms. The van der Waals surface area contributed by atoms with Gasteiger partial charge in [-0.05, 0) is 36.6 Å². The average Bonchev–Trinajstić information content (AvgIpc) is 2.61. The average molecular weight is 394 g/mol. The Morgan fingerprint density at radius 1 is 1.11 bits per heavy atom. The van der Waals surface area contributed by atoms with Crippen molar-refractivity contribution in [2.75, 3.05) is 12.4 Å². The number of carbonyl (C=O) groups excluding carboxylic acids is 2. The summed E-state index contributed by atoms with van der Waals surface area (Å²) in [6, 6.07) is 4.44. The van der Waals surface area contributed by atoms with E-state index in [2.05, 4.69) is 10.6 Å². The molecule has 0 saturated carbocycles. The van der Waals surface area contributed by atoms with E-state index in [9.17, 15) is 29.4 Å². The fourth-order valence-corrected chi connectivity index (χ4v) is 2.85. The number of hydrogen-bond donors (Lipinski definition) is 4. The number of nitrogens with one attached hydrogen (secondary N) is 2. The predicted molar refractivity (Wildman–Crippen MR) is 101 cm³/mol. The molecule has 0 atom stereocenters. The largest absolute Gasteiger partial charge is 0.496 e. The van der Waals surface area contributed by atoms with Gasteiger partial charge in [0.1, 0.15) is 5.75 Å². The first-order valence-electron chi connectivity index (χ1n) is 8.84. The molecule has 0 heterocycles. The first-order valence-corrected chi connectivity index (χ1v) is 8.84. The fourth-order valence-electron chi connectivity index (χ4n) is 2.85. The second-order valence-corrected chi connectivity index (χ2v) is 6.40. The highest BCUT2D eigenvalue weighted by atomic mass is 16.5. The Balaban J connectivity index is 3.41. The van der Waals surface area contributed by atoms with Crippen molar-refractivity contribution in [2.24, 2.45) is 5.92 Å². The van der Waals surface area contributed by atoms with Crippen molar-refractivity contribution in [1.82, 2.24) is 5.32 Å². The number of amides is 2. The van der Waals surface area contributed by atoms with E-state index in [0.717, 1.165) is 0 Å². The van der Waals surface area contributed by atoms with Crippen LogP contribution in [0.3, 0.4) is 0 Å². The van der Waals surface area contributed by atoms with Crippen LogP contribution >= 0.6 is 0 Å². The number of carboxylic acids is 2. The summed E-state index contributed by atoms with van der Waals surface area (Å²) in [6.07, 6.45) is 0.318. The molecule has 0 bridgehead atoms. The molecule has 0 aromatic heterocycles. The van der Waals surface area contributed by atoms with Crippen molar-refractivity contribution in [3.63, 3.8) is 0 Å². The third-order valence-electron chi connectivity index (χ3n) is 4.48. The molecular formula is C19H26N2O7. The molecule has 0 aliphatic carbocycles. The highest BCUT2D eigenvalue weighted by Gasteiger charge is 2.49. The summed E-state index contributed by atoms with van der Waals surface area (Å²) in [4.78, 5) is 47.7. The minimum absolute atomic E-state index is 0.211. The van der Waals surface area contributed by atoms with Crippen LogP contribution in [0, 0.1) is 5.92 Å². The molecule has 4 N–H and O–H groups in total. The molecule has 1 aromatic carbocycles. The van der Waals surface area contributed by atoms with Gasteiger partial charge in [0, 0.05) is 24.9 Å².